The first-order chi connectivity index (χ1) is 12.8. The average molecular weight is 398 g/mol. The van der Waals surface area contributed by atoms with Crippen molar-refractivity contribution in [2.45, 2.75) is 26.4 Å². The second kappa shape index (κ2) is 7.83. The van der Waals surface area contributed by atoms with Gasteiger partial charge in [-0.1, -0.05) is 23.7 Å². The molecular formula is C17H15ClF3N5O. The van der Waals surface area contributed by atoms with Crippen LogP contribution in [0.2, 0.25) is 5.02 Å². The summed E-state index contributed by atoms with van der Waals surface area (Å²) in [5.41, 5.74) is 0.857. The van der Waals surface area contributed by atoms with Crippen molar-refractivity contribution in [1.29, 1.82) is 0 Å². The molecule has 0 spiro atoms. The number of carbonyl (C=O) groups is 1. The summed E-state index contributed by atoms with van der Waals surface area (Å²) in [5, 5.41) is 10.6. The van der Waals surface area contributed by atoms with Crippen LogP contribution in [0.5, 0.6) is 0 Å². The Balaban J connectivity index is 1.66. The highest BCUT2D eigenvalue weighted by Crippen LogP contribution is 2.21. The molecule has 0 aliphatic carbocycles. The minimum atomic E-state index is -2.70. The third-order valence-corrected chi connectivity index (χ3v) is 4.03. The standard InChI is InChI=1S/C17H15ClF3N5O/c1-10-6-14(16(20)21)23-26(10)9-15(27)22-17-13(18)8-25(24-17)7-11-2-4-12(19)5-3-11/h2-6,8,16H,7,9H2,1H3,(H,22,24,27). The third-order valence-electron chi connectivity index (χ3n) is 3.75. The summed E-state index contributed by atoms with van der Waals surface area (Å²) in [6.45, 7) is 1.67. The lowest BCUT2D eigenvalue weighted by Gasteiger charge is -2.05. The molecule has 1 N–H and O–H groups in total. The number of anilines is 1. The second-order valence-electron chi connectivity index (χ2n) is 5.87. The largest absolute Gasteiger partial charge is 0.306 e. The van der Waals surface area contributed by atoms with Crippen molar-refractivity contribution in [2.24, 2.45) is 0 Å². The lowest BCUT2D eigenvalue weighted by Crippen LogP contribution is -2.21. The molecule has 27 heavy (non-hydrogen) atoms. The monoisotopic (exact) mass is 397 g/mol. The van der Waals surface area contributed by atoms with Crippen LogP contribution in [0.25, 0.3) is 0 Å². The number of carbonyl (C=O) groups excluding carboxylic acids is 1. The van der Waals surface area contributed by atoms with Crippen LogP contribution in [0.3, 0.4) is 0 Å². The Morgan fingerprint density at radius 1 is 1.26 bits per heavy atom. The maximum atomic E-state index is 13.0. The van der Waals surface area contributed by atoms with Gasteiger partial charge < -0.3 is 5.32 Å². The molecule has 6 nitrogen and oxygen atoms in total. The fourth-order valence-corrected chi connectivity index (χ4v) is 2.65. The summed E-state index contributed by atoms with van der Waals surface area (Å²) >= 11 is 6.08. The van der Waals surface area contributed by atoms with Crippen molar-refractivity contribution in [2.75, 3.05) is 5.32 Å². The van der Waals surface area contributed by atoms with E-state index >= 15 is 0 Å². The number of nitrogens with zero attached hydrogens (tertiary/aromatic N) is 4. The topological polar surface area (TPSA) is 64.7 Å². The molecule has 0 unspecified atom stereocenters. The number of benzene rings is 1. The molecule has 1 amide bonds. The molecule has 10 heteroatoms. The fraction of sp³-hybridized carbons (Fsp3) is 0.235. The number of hydrogen-bond acceptors (Lipinski definition) is 3. The van der Waals surface area contributed by atoms with Gasteiger partial charge in [0.2, 0.25) is 5.91 Å². The smallest absolute Gasteiger partial charge is 0.282 e. The Bertz CT molecular complexity index is 952. The first-order valence-electron chi connectivity index (χ1n) is 7.91. The number of nitrogens with one attached hydrogen (secondary N) is 1. The minimum Gasteiger partial charge on any atom is -0.306 e. The van der Waals surface area contributed by atoms with E-state index in [0.29, 0.717) is 12.2 Å². The molecule has 142 valence electrons. The molecule has 1 aromatic carbocycles. The lowest BCUT2D eigenvalue weighted by molar-refractivity contribution is -0.117. The second-order valence-corrected chi connectivity index (χ2v) is 6.27. The van der Waals surface area contributed by atoms with Crippen LogP contribution in [0, 0.1) is 12.7 Å². The Kier molecular flexibility index (Phi) is 5.50. The van der Waals surface area contributed by atoms with E-state index in [1.54, 1.807) is 19.1 Å². The highest BCUT2D eigenvalue weighted by molar-refractivity contribution is 6.33. The van der Waals surface area contributed by atoms with Gasteiger partial charge in [-0.2, -0.15) is 10.2 Å². The molecule has 2 heterocycles. The van der Waals surface area contributed by atoms with Crippen molar-refractivity contribution in [3.63, 3.8) is 0 Å². The summed E-state index contributed by atoms with van der Waals surface area (Å²) in [6, 6.07) is 7.13. The van der Waals surface area contributed by atoms with Gasteiger partial charge in [0.05, 0.1) is 6.54 Å². The van der Waals surface area contributed by atoms with E-state index in [-0.39, 0.29) is 28.9 Å². The van der Waals surface area contributed by atoms with Crippen LogP contribution in [-0.2, 0) is 17.9 Å². The molecule has 3 aromatic rings. The van der Waals surface area contributed by atoms with E-state index in [1.165, 1.54) is 33.8 Å². The summed E-state index contributed by atoms with van der Waals surface area (Å²) in [7, 11) is 0. The number of alkyl halides is 2. The summed E-state index contributed by atoms with van der Waals surface area (Å²) in [4.78, 5) is 12.2. The molecule has 0 radical (unpaired) electrons. The van der Waals surface area contributed by atoms with E-state index in [1.807, 2.05) is 0 Å². The minimum absolute atomic E-state index is 0.141. The van der Waals surface area contributed by atoms with Crippen LogP contribution in [0.4, 0.5) is 19.0 Å². The van der Waals surface area contributed by atoms with E-state index in [2.05, 4.69) is 15.5 Å². The predicted octanol–water partition coefficient (Wildman–Crippen LogP) is 3.81. The van der Waals surface area contributed by atoms with Crippen LogP contribution < -0.4 is 5.32 Å². The Labute approximate surface area is 157 Å². The first-order valence-corrected chi connectivity index (χ1v) is 8.29. The molecule has 2 aromatic heterocycles. The van der Waals surface area contributed by atoms with Gasteiger partial charge in [-0.05, 0) is 30.7 Å². The van der Waals surface area contributed by atoms with Gasteiger partial charge in [0.25, 0.3) is 6.43 Å². The van der Waals surface area contributed by atoms with Gasteiger partial charge in [-0.3, -0.25) is 14.2 Å². The van der Waals surface area contributed by atoms with Gasteiger partial charge in [0.1, 0.15) is 23.1 Å². The maximum absolute atomic E-state index is 13.0. The Hall–Kier alpha value is -2.81. The van der Waals surface area contributed by atoms with E-state index in [4.69, 9.17) is 11.6 Å². The molecule has 0 saturated carbocycles. The molecule has 0 fully saturated rings. The maximum Gasteiger partial charge on any atom is 0.282 e. The van der Waals surface area contributed by atoms with Crippen molar-refractivity contribution in [3.8, 4) is 0 Å². The van der Waals surface area contributed by atoms with E-state index < -0.39 is 12.3 Å². The highest BCUT2D eigenvalue weighted by atomic mass is 35.5. The quantitative estimate of drug-likeness (QED) is 0.688. The average Bonchev–Trinajstić information content (AvgIpc) is 3.13. The van der Waals surface area contributed by atoms with Crippen molar-refractivity contribution in [3.05, 3.63) is 64.3 Å². The van der Waals surface area contributed by atoms with Crippen molar-refractivity contribution < 1.29 is 18.0 Å². The first kappa shape index (κ1) is 19.0. The normalized spacial score (nSPS) is 11.2. The van der Waals surface area contributed by atoms with Crippen molar-refractivity contribution in [1.82, 2.24) is 19.6 Å². The summed E-state index contributed by atoms with van der Waals surface area (Å²) in [5.74, 6) is -0.701. The molecule has 0 atom stereocenters. The van der Waals surface area contributed by atoms with Gasteiger partial charge in [-0.15, -0.1) is 0 Å². The molecular weight excluding hydrogens is 383 g/mol. The number of aromatic nitrogens is 4. The SMILES string of the molecule is Cc1cc(C(F)F)nn1CC(=O)Nc1nn(Cc2ccc(F)cc2)cc1Cl. The van der Waals surface area contributed by atoms with Gasteiger partial charge in [-0.25, -0.2) is 13.2 Å². The molecule has 0 aliphatic heterocycles. The van der Waals surface area contributed by atoms with Crippen LogP contribution in [-0.4, -0.2) is 25.5 Å². The lowest BCUT2D eigenvalue weighted by atomic mass is 10.2. The number of amides is 1. The third kappa shape index (κ3) is 4.68. The predicted molar refractivity (Wildman–Crippen MR) is 93.3 cm³/mol. The van der Waals surface area contributed by atoms with E-state index in [0.717, 1.165) is 5.56 Å². The zero-order chi connectivity index (χ0) is 19.6. The van der Waals surface area contributed by atoms with Gasteiger partial charge in [0.15, 0.2) is 5.82 Å². The van der Waals surface area contributed by atoms with Gasteiger partial charge in [0, 0.05) is 11.9 Å². The van der Waals surface area contributed by atoms with Gasteiger partial charge >= 0.3 is 0 Å². The number of rotatable bonds is 6. The van der Waals surface area contributed by atoms with Crippen LogP contribution >= 0.6 is 11.6 Å². The number of aryl methyl sites for hydroxylation is 1. The molecule has 0 aliphatic rings. The molecule has 0 bridgehead atoms. The van der Waals surface area contributed by atoms with Crippen LogP contribution in [0.15, 0.2) is 36.5 Å². The van der Waals surface area contributed by atoms with Crippen LogP contribution in [0.1, 0.15) is 23.4 Å². The number of halogens is 4. The zero-order valence-electron chi connectivity index (χ0n) is 14.2. The van der Waals surface area contributed by atoms with E-state index in [9.17, 15) is 18.0 Å². The summed E-state index contributed by atoms with van der Waals surface area (Å²) < 4.78 is 41.0. The Morgan fingerprint density at radius 2 is 1.96 bits per heavy atom. The summed E-state index contributed by atoms with van der Waals surface area (Å²) in [6.07, 6.45) is -1.18. The fourth-order valence-electron chi connectivity index (χ4n) is 2.45. The molecule has 0 saturated heterocycles. The number of hydrogen-bond donors (Lipinski definition) is 1. The zero-order valence-corrected chi connectivity index (χ0v) is 14.9. The van der Waals surface area contributed by atoms with Crippen molar-refractivity contribution >= 4 is 23.3 Å². The Morgan fingerprint density at radius 3 is 2.59 bits per heavy atom. The molecule has 3 rings (SSSR count). The highest BCUT2D eigenvalue weighted by Gasteiger charge is 2.16.